The molecule has 1 saturated carbocycles. The van der Waals surface area contributed by atoms with Crippen molar-refractivity contribution in [1.29, 1.82) is 0 Å². The van der Waals surface area contributed by atoms with E-state index < -0.39 is 0 Å². The number of rotatable bonds is 5. The predicted molar refractivity (Wildman–Crippen MR) is 81.3 cm³/mol. The maximum atomic E-state index is 5.83. The summed E-state index contributed by atoms with van der Waals surface area (Å²) in [6.07, 6.45) is 2.75. The van der Waals surface area contributed by atoms with E-state index in [1.54, 1.807) is 11.3 Å². The van der Waals surface area contributed by atoms with E-state index in [0.717, 1.165) is 15.8 Å². The molecule has 100 valence electrons. The van der Waals surface area contributed by atoms with Gasteiger partial charge in [0.05, 0.1) is 12.1 Å². The summed E-state index contributed by atoms with van der Waals surface area (Å²) in [5.74, 6) is 6.64. The number of nitrogens with two attached hydrogens (primary N) is 1. The van der Waals surface area contributed by atoms with Crippen LogP contribution >= 0.6 is 27.3 Å². The summed E-state index contributed by atoms with van der Waals surface area (Å²) < 4.78 is 6.91. The van der Waals surface area contributed by atoms with Crippen LogP contribution < -0.4 is 16.0 Å². The molecule has 1 heterocycles. The highest BCUT2D eigenvalue weighted by Crippen LogP contribution is 2.32. The Morgan fingerprint density at radius 3 is 2.84 bits per heavy atom. The third-order valence-electron chi connectivity index (χ3n) is 3.06. The summed E-state index contributed by atoms with van der Waals surface area (Å²) in [6.45, 7) is 0. The summed E-state index contributed by atoms with van der Waals surface area (Å²) in [5.41, 5.74) is 4.00. The summed E-state index contributed by atoms with van der Waals surface area (Å²) in [4.78, 5) is 1.18. The van der Waals surface area contributed by atoms with Gasteiger partial charge in [-0.3, -0.25) is 5.84 Å². The number of ether oxygens (including phenoxy) is 1. The van der Waals surface area contributed by atoms with Crippen LogP contribution in [0.2, 0.25) is 0 Å². The smallest absolute Gasteiger partial charge is 0.120 e. The largest absolute Gasteiger partial charge is 0.490 e. The Kier molecular flexibility index (Phi) is 3.88. The Labute approximate surface area is 124 Å². The van der Waals surface area contributed by atoms with Crippen LogP contribution in [0.5, 0.6) is 5.75 Å². The van der Waals surface area contributed by atoms with Gasteiger partial charge in [-0.05, 0) is 52.5 Å². The van der Waals surface area contributed by atoms with Crippen molar-refractivity contribution < 1.29 is 4.74 Å². The first-order valence-corrected chi connectivity index (χ1v) is 7.90. The van der Waals surface area contributed by atoms with Crippen molar-refractivity contribution in [2.45, 2.75) is 25.0 Å². The second kappa shape index (κ2) is 5.63. The van der Waals surface area contributed by atoms with Crippen LogP contribution in [-0.2, 0) is 0 Å². The molecule has 5 heteroatoms. The molecule has 3 N–H and O–H groups in total. The van der Waals surface area contributed by atoms with Crippen LogP contribution in [0.3, 0.4) is 0 Å². The molecule has 0 saturated heterocycles. The van der Waals surface area contributed by atoms with Gasteiger partial charge < -0.3 is 4.74 Å². The SMILES string of the molecule is NNC(c1cccc(OC2CC2)c1)c1cc(Br)cs1. The third-order valence-corrected chi connectivity index (χ3v) is 4.82. The second-order valence-corrected chi connectivity index (χ2v) is 6.52. The van der Waals surface area contributed by atoms with Crippen molar-refractivity contribution in [2.24, 2.45) is 5.84 Å². The van der Waals surface area contributed by atoms with Gasteiger partial charge in [0, 0.05) is 14.7 Å². The molecule has 0 amide bonds. The minimum absolute atomic E-state index is 0.000877. The summed E-state index contributed by atoms with van der Waals surface area (Å²) in [7, 11) is 0. The molecule has 1 atom stereocenters. The molecule has 3 nitrogen and oxygen atoms in total. The molecule has 1 aliphatic rings. The van der Waals surface area contributed by atoms with E-state index in [0.29, 0.717) is 6.10 Å². The zero-order valence-corrected chi connectivity index (χ0v) is 12.7. The van der Waals surface area contributed by atoms with Gasteiger partial charge in [0.25, 0.3) is 0 Å². The van der Waals surface area contributed by atoms with Crippen molar-refractivity contribution in [3.05, 3.63) is 50.6 Å². The molecule has 19 heavy (non-hydrogen) atoms. The molecule has 2 aromatic rings. The molecule has 3 rings (SSSR count). The molecule has 0 bridgehead atoms. The van der Waals surface area contributed by atoms with Crippen LogP contribution in [0.1, 0.15) is 29.3 Å². The number of halogens is 1. The molecule has 1 fully saturated rings. The maximum absolute atomic E-state index is 5.83. The molecular weight excluding hydrogens is 324 g/mol. The highest BCUT2D eigenvalue weighted by molar-refractivity contribution is 9.10. The Balaban J connectivity index is 1.85. The number of hydrogen-bond acceptors (Lipinski definition) is 4. The molecule has 1 aromatic heterocycles. The third kappa shape index (κ3) is 3.17. The minimum Gasteiger partial charge on any atom is -0.490 e. The summed E-state index contributed by atoms with van der Waals surface area (Å²) >= 11 is 5.15. The zero-order valence-electron chi connectivity index (χ0n) is 10.3. The van der Waals surface area contributed by atoms with E-state index in [2.05, 4.69) is 44.9 Å². The Bertz CT molecular complexity index is 568. The van der Waals surface area contributed by atoms with E-state index in [1.807, 2.05) is 12.1 Å². The molecule has 0 radical (unpaired) electrons. The standard InChI is InChI=1S/C14H15BrN2OS/c15-10-7-13(19-8-10)14(17-16)9-2-1-3-12(6-9)18-11-4-5-11/h1-3,6-8,11,14,17H,4-5,16H2. The maximum Gasteiger partial charge on any atom is 0.120 e. The predicted octanol–water partition coefficient (Wildman–Crippen LogP) is 3.60. The molecule has 0 aliphatic heterocycles. The lowest BCUT2D eigenvalue weighted by atomic mass is 10.1. The van der Waals surface area contributed by atoms with Crippen LogP contribution in [0.25, 0.3) is 0 Å². The first kappa shape index (κ1) is 13.1. The second-order valence-electron chi connectivity index (χ2n) is 4.66. The van der Waals surface area contributed by atoms with Crippen molar-refractivity contribution in [2.75, 3.05) is 0 Å². The average molecular weight is 339 g/mol. The van der Waals surface area contributed by atoms with E-state index in [-0.39, 0.29) is 6.04 Å². The lowest BCUT2D eigenvalue weighted by Gasteiger charge is -2.16. The van der Waals surface area contributed by atoms with Gasteiger partial charge >= 0.3 is 0 Å². The first-order valence-electron chi connectivity index (χ1n) is 6.23. The fourth-order valence-corrected chi connectivity index (χ4v) is 3.50. The van der Waals surface area contributed by atoms with Crippen LogP contribution in [0.15, 0.2) is 40.2 Å². The van der Waals surface area contributed by atoms with Crippen molar-refractivity contribution in [1.82, 2.24) is 5.43 Å². The normalized spacial score (nSPS) is 16.3. The molecule has 0 spiro atoms. The molecule has 1 aromatic carbocycles. The van der Waals surface area contributed by atoms with Gasteiger partial charge in [-0.25, -0.2) is 5.43 Å². The zero-order chi connectivity index (χ0) is 13.2. The minimum atomic E-state index is -0.000877. The van der Waals surface area contributed by atoms with Crippen molar-refractivity contribution in [3.8, 4) is 5.75 Å². The van der Waals surface area contributed by atoms with Crippen molar-refractivity contribution >= 4 is 27.3 Å². The lowest BCUT2D eigenvalue weighted by molar-refractivity contribution is 0.302. The van der Waals surface area contributed by atoms with E-state index in [4.69, 9.17) is 10.6 Å². The lowest BCUT2D eigenvalue weighted by Crippen LogP contribution is -2.28. The van der Waals surface area contributed by atoms with E-state index >= 15 is 0 Å². The van der Waals surface area contributed by atoms with Gasteiger partial charge in [0.15, 0.2) is 0 Å². The summed E-state index contributed by atoms with van der Waals surface area (Å²) in [5, 5.41) is 2.06. The van der Waals surface area contributed by atoms with Gasteiger partial charge in [-0.1, -0.05) is 12.1 Å². The van der Waals surface area contributed by atoms with Gasteiger partial charge in [-0.2, -0.15) is 0 Å². The average Bonchev–Trinajstić information content (AvgIpc) is 3.12. The summed E-state index contributed by atoms with van der Waals surface area (Å²) in [6, 6.07) is 10.2. The molecular formula is C14H15BrN2OS. The van der Waals surface area contributed by atoms with Crippen LogP contribution in [-0.4, -0.2) is 6.10 Å². The molecule has 1 unspecified atom stereocenters. The van der Waals surface area contributed by atoms with E-state index in [9.17, 15) is 0 Å². The number of thiophene rings is 1. The Morgan fingerprint density at radius 1 is 1.37 bits per heavy atom. The fourth-order valence-electron chi connectivity index (χ4n) is 1.97. The number of nitrogens with one attached hydrogen (secondary N) is 1. The topological polar surface area (TPSA) is 47.3 Å². The highest BCUT2D eigenvalue weighted by Gasteiger charge is 2.24. The van der Waals surface area contributed by atoms with Gasteiger partial charge in [-0.15, -0.1) is 11.3 Å². The molecule has 1 aliphatic carbocycles. The van der Waals surface area contributed by atoms with Crippen LogP contribution in [0, 0.1) is 0 Å². The van der Waals surface area contributed by atoms with Crippen LogP contribution in [0.4, 0.5) is 0 Å². The first-order chi connectivity index (χ1) is 9.26. The Hall–Kier alpha value is -0.880. The van der Waals surface area contributed by atoms with E-state index in [1.165, 1.54) is 17.7 Å². The Morgan fingerprint density at radius 2 is 2.21 bits per heavy atom. The highest BCUT2D eigenvalue weighted by atomic mass is 79.9. The van der Waals surface area contributed by atoms with Gasteiger partial charge in [0.2, 0.25) is 0 Å². The number of hydrazine groups is 1. The number of benzene rings is 1. The quantitative estimate of drug-likeness (QED) is 0.646. The monoisotopic (exact) mass is 338 g/mol. The van der Waals surface area contributed by atoms with Crippen molar-refractivity contribution in [3.63, 3.8) is 0 Å². The van der Waals surface area contributed by atoms with Gasteiger partial charge in [0.1, 0.15) is 5.75 Å². The fraction of sp³-hybridized carbons (Fsp3) is 0.286. The number of hydrogen-bond donors (Lipinski definition) is 2.